The van der Waals surface area contributed by atoms with E-state index in [1.807, 2.05) is 0 Å². The van der Waals surface area contributed by atoms with Crippen molar-refractivity contribution in [3.05, 3.63) is 11.6 Å². The van der Waals surface area contributed by atoms with Gasteiger partial charge in [-0.15, -0.1) is 0 Å². The molecule has 6 rings (SSSR count). The van der Waals surface area contributed by atoms with Gasteiger partial charge in [0.1, 0.15) is 18.2 Å². The molecule has 6 aliphatic rings. The number of aliphatic hydroxyl groups excluding tert-OH is 1. The summed E-state index contributed by atoms with van der Waals surface area (Å²) in [5, 5.41) is 24.0. The van der Waals surface area contributed by atoms with Crippen LogP contribution < -0.4 is 5.32 Å². The summed E-state index contributed by atoms with van der Waals surface area (Å²) in [5.41, 5.74) is -0.588. The Morgan fingerprint density at radius 1 is 1.02 bits per heavy atom. The largest absolute Gasteiger partial charge is 0.481 e. The van der Waals surface area contributed by atoms with Gasteiger partial charge in [0.2, 0.25) is 0 Å². The number of nitrogens with one attached hydrogen (secondary N) is 1. The number of esters is 2. The van der Waals surface area contributed by atoms with Crippen LogP contribution in [-0.2, 0) is 28.6 Å². The van der Waals surface area contributed by atoms with Crippen LogP contribution in [0.5, 0.6) is 0 Å². The molecule has 2 heterocycles. The van der Waals surface area contributed by atoms with E-state index in [1.54, 1.807) is 0 Å². The van der Waals surface area contributed by atoms with E-state index in [0.29, 0.717) is 44.9 Å². The van der Waals surface area contributed by atoms with Gasteiger partial charge >= 0.3 is 17.9 Å². The third-order valence-corrected chi connectivity index (χ3v) is 15.0. The van der Waals surface area contributed by atoms with Gasteiger partial charge in [0.25, 0.3) is 0 Å². The molecule has 5 fully saturated rings. The molecule has 2 bridgehead atoms. The van der Waals surface area contributed by atoms with Gasteiger partial charge in [0.05, 0.1) is 25.2 Å². The Morgan fingerprint density at radius 2 is 1.74 bits per heavy atom. The molecule has 0 aromatic carbocycles. The van der Waals surface area contributed by atoms with Crippen LogP contribution in [0.1, 0.15) is 100 Å². The minimum atomic E-state index is -0.679. The molecule has 258 valence electrons. The Kier molecular flexibility index (Phi) is 8.33. The van der Waals surface area contributed by atoms with E-state index in [2.05, 4.69) is 59.9 Å². The number of carbonyl (C=O) groups is 3. The third-order valence-electron chi connectivity index (χ3n) is 15.0. The van der Waals surface area contributed by atoms with Gasteiger partial charge in [0, 0.05) is 30.7 Å². The molecule has 4 aliphatic carbocycles. The lowest BCUT2D eigenvalue weighted by atomic mass is 9.34. The van der Waals surface area contributed by atoms with Crippen molar-refractivity contribution in [1.29, 1.82) is 0 Å². The number of carboxylic acid groups (broad SMARTS) is 1. The van der Waals surface area contributed by atoms with E-state index in [-0.39, 0.29) is 28.6 Å². The van der Waals surface area contributed by atoms with Crippen molar-refractivity contribution in [2.24, 2.45) is 56.7 Å². The minimum absolute atomic E-state index is 0.154. The Balaban J connectivity index is 1.40. The Labute approximate surface area is 274 Å². The highest BCUT2D eigenvalue weighted by Crippen LogP contribution is 2.75. The fourth-order valence-corrected chi connectivity index (χ4v) is 12.2. The molecule has 3 saturated carbocycles. The molecule has 0 amide bonds. The fraction of sp³-hybridized carbons (Fsp3) is 0.865. The molecule has 2 saturated heterocycles. The average molecular weight is 644 g/mol. The number of aliphatic carboxylic acids is 1. The van der Waals surface area contributed by atoms with Gasteiger partial charge in [0.15, 0.2) is 0 Å². The molecule has 13 atom stereocenters. The second-order valence-electron chi connectivity index (χ2n) is 17.4. The number of ether oxygens (including phenoxy) is 3. The molecule has 0 aromatic heterocycles. The third kappa shape index (κ3) is 4.67. The molecule has 0 aromatic rings. The highest BCUT2D eigenvalue weighted by molar-refractivity contribution is 5.77. The number of rotatable bonds is 6. The number of aliphatic hydroxyl groups is 1. The number of carboxylic acids is 1. The summed E-state index contributed by atoms with van der Waals surface area (Å²) >= 11 is 0. The number of hydrogen-bond acceptors (Lipinski definition) is 8. The molecule has 46 heavy (non-hydrogen) atoms. The van der Waals surface area contributed by atoms with Crippen molar-refractivity contribution in [3.8, 4) is 0 Å². The standard InChI is InChI=1S/C37H57NO8/c1-20(2)21(3)33(5)13-14-35(7)24-9-10-28-34(6)18-44-19-37(28,25(24)11-12-36(35,8)29(33)31(41)42)16-27(45-22(4)39)30(34)46-32(43)26-15-23(40)17-38-26/h11,20-21,23-24,26-30,38,40H,9-10,12-19H2,1-8H3,(H,41,42)/t21-,23-,24+,26?,27-,28+,29-,30+,33-,34+,35-,36+,37+/m1/s1. The minimum Gasteiger partial charge on any atom is -0.481 e. The number of β-amino-alcohol motifs (C(OH)–C–C–N with tert-alkyl or cyclic N) is 1. The van der Waals surface area contributed by atoms with Crippen LogP contribution in [0.2, 0.25) is 0 Å². The SMILES string of the molecule is CC(=O)O[C@@H]1C[C@@]23COC[C@@](C)([C@@H]2CC[C@H]2C3=CC[C@@]3(C)[C@H](C(=O)O)[C@@](C)([C@H](C)C(C)C)CC[C@]23C)[C@H]1OC(=O)C1C[C@@H](O)CN1. The summed E-state index contributed by atoms with van der Waals surface area (Å²) in [5.74, 6) is -0.974. The van der Waals surface area contributed by atoms with Gasteiger partial charge in [-0.2, -0.15) is 0 Å². The van der Waals surface area contributed by atoms with Gasteiger partial charge in [-0.3, -0.25) is 14.4 Å². The number of allylic oxidation sites excluding steroid dienone is 1. The molecule has 9 heteroatoms. The first-order valence-corrected chi connectivity index (χ1v) is 17.7. The zero-order chi connectivity index (χ0) is 33.6. The van der Waals surface area contributed by atoms with Crippen molar-refractivity contribution >= 4 is 17.9 Å². The van der Waals surface area contributed by atoms with Crippen molar-refractivity contribution in [2.45, 2.75) is 125 Å². The zero-order valence-electron chi connectivity index (χ0n) is 29.2. The fourth-order valence-electron chi connectivity index (χ4n) is 12.2. The van der Waals surface area contributed by atoms with Gasteiger partial charge < -0.3 is 29.7 Å². The number of hydrogen-bond donors (Lipinski definition) is 3. The van der Waals surface area contributed by atoms with Crippen LogP contribution >= 0.6 is 0 Å². The van der Waals surface area contributed by atoms with Crippen LogP contribution in [0.4, 0.5) is 0 Å². The summed E-state index contributed by atoms with van der Waals surface area (Å²) in [6.07, 6.45) is 5.65. The molecule has 0 radical (unpaired) electrons. The van der Waals surface area contributed by atoms with Crippen molar-refractivity contribution in [1.82, 2.24) is 5.32 Å². The maximum Gasteiger partial charge on any atom is 0.323 e. The lowest BCUT2D eigenvalue weighted by Crippen LogP contribution is -2.70. The van der Waals surface area contributed by atoms with E-state index in [1.165, 1.54) is 12.5 Å². The maximum absolute atomic E-state index is 13.4. The van der Waals surface area contributed by atoms with E-state index in [9.17, 15) is 24.6 Å². The second-order valence-corrected chi connectivity index (χ2v) is 17.4. The summed E-state index contributed by atoms with van der Waals surface area (Å²) in [4.78, 5) is 39.3. The Morgan fingerprint density at radius 3 is 2.35 bits per heavy atom. The molecule has 0 spiro atoms. The normalized spacial score (nSPS) is 48.7. The smallest absolute Gasteiger partial charge is 0.323 e. The summed E-state index contributed by atoms with van der Waals surface area (Å²) in [7, 11) is 0. The predicted molar refractivity (Wildman–Crippen MR) is 171 cm³/mol. The van der Waals surface area contributed by atoms with E-state index >= 15 is 0 Å². The van der Waals surface area contributed by atoms with Crippen LogP contribution in [0.15, 0.2) is 11.6 Å². The second kappa shape index (κ2) is 11.3. The first-order chi connectivity index (χ1) is 21.4. The number of carbonyl (C=O) groups excluding carboxylic acids is 2. The summed E-state index contributed by atoms with van der Waals surface area (Å²) in [6, 6.07) is -0.597. The van der Waals surface area contributed by atoms with E-state index < -0.39 is 64.4 Å². The molecule has 3 N–H and O–H groups in total. The highest BCUT2D eigenvalue weighted by atomic mass is 16.6. The van der Waals surface area contributed by atoms with Crippen LogP contribution in [0.25, 0.3) is 0 Å². The van der Waals surface area contributed by atoms with Crippen LogP contribution in [0, 0.1) is 56.7 Å². The van der Waals surface area contributed by atoms with Crippen LogP contribution in [-0.4, -0.2) is 72.2 Å². The number of fused-ring (bicyclic) bond motifs is 3. The van der Waals surface area contributed by atoms with Gasteiger partial charge in [-0.1, -0.05) is 60.1 Å². The Bertz CT molecular complexity index is 1300. The lowest BCUT2D eigenvalue weighted by molar-refractivity contribution is -0.263. The summed E-state index contributed by atoms with van der Waals surface area (Å²) in [6.45, 7) is 18.3. The molecule has 1 unspecified atom stereocenters. The monoisotopic (exact) mass is 643 g/mol. The van der Waals surface area contributed by atoms with Gasteiger partial charge in [-0.25, -0.2) is 0 Å². The lowest BCUT2D eigenvalue weighted by Gasteiger charge is -2.71. The summed E-state index contributed by atoms with van der Waals surface area (Å²) < 4.78 is 18.8. The molecule has 9 nitrogen and oxygen atoms in total. The maximum atomic E-state index is 13.4. The van der Waals surface area contributed by atoms with Crippen molar-refractivity contribution in [3.63, 3.8) is 0 Å². The first-order valence-electron chi connectivity index (χ1n) is 17.7. The molecule has 2 aliphatic heterocycles. The van der Waals surface area contributed by atoms with Crippen LogP contribution in [0.3, 0.4) is 0 Å². The molecular formula is C37H57NO8. The topological polar surface area (TPSA) is 131 Å². The van der Waals surface area contributed by atoms with Gasteiger partial charge in [-0.05, 0) is 78.4 Å². The zero-order valence-corrected chi connectivity index (χ0v) is 29.2. The quantitative estimate of drug-likeness (QED) is 0.266. The molecular weight excluding hydrogens is 586 g/mol. The van der Waals surface area contributed by atoms with Crippen molar-refractivity contribution in [2.75, 3.05) is 19.8 Å². The van der Waals surface area contributed by atoms with E-state index in [0.717, 1.165) is 25.7 Å². The predicted octanol–water partition coefficient (Wildman–Crippen LogP) is 5.14. The van der Waals surface area contributed by atoms with E-state index in [4.69, 9.17) is 14.2 Å². The average Bonchev–Trinajstić information content (AvgIpc) is 3.41. The highest BCUT2D eigenvalue weighted by Gasteiger charge is 2.72. The first kappa shape index (κ1) is 33.9. The van der Waals surface area contributed by atoms with Crippen molar-refractivity contribution < 1.29 is 38.8 Å². The Hall–Kier alpha value is -1.97.